The minimum atomic E-state index is -0.0191. The Morgan fingerprint density at radius 3 is 2.64 bits per heavy atom. The molecule has 1 saturated heterocycles. The highest BCUT2D eigenvalue weighted by atomic mass is 35.5. The first kappa shape index (κ1) is 21.2. The van der Waals surface area contributed by atoms with Gasteiger partial charge in [-0.3, -0.25) is 9.69 Å². The van der Waals surface area contributed by atoms with Gasteiger partial charge in [0, 0.05) is 23.2 Å². The number of rotatable bonds is 8. The molecule has 2 aromatic rings. The minimum Gasteiger partial charge on any atom is -0.457 e. The van der Waals surface area contributed by atoms with Crippen LogP contribution in [0.2, 0.25) is 5.02 Å². The molecule has 1 aliphatic rings. The van der Waals surface area contributed by atoms with E-state index in [0.29, 0.717) is 32.5 Å². The summed E-state index contributed by atoms with van der Waals surface area (Å²) < 4.78 is 6.53. The fraction of sp³-hybridized carbons (Fsp3) is 0.364. The summed E-state index contributed by atoms with van der Waals surface area (Å²) in [6, 6.07) is 11.2. The molecule has 0 aliphatic carbocycles. The second-order valence-corrected chi connectivity index (χ2v) is 9.03. The molecule has 0 saturated carbocycles. The number of carbonyl (C=O) groups is 1. The summed E-state index contributed by atoms with van der Waals surface area (Å²) in [7, 11) is 0. The molecule has 0 spiro atoms. The molecule has 1 amide bonds. The molecule has 6 heteroatoms. The molecule has 3 rings (SSSR count). The van der Waals surface area contributed by atoms with E-state index in [-0.39, 0.29) is 5.91 Å². The topological polar surface area (TPSA) is 33.5 Å². The summed E-state index contributed by atoms with van der Waals surface area (Å²) in [5, 5.41) is 0.684. The van der Waals surface area contributed by atoms with Crippen molar-refractivity contribution in [1.29, 1.82) is 0 Å². The average molecular weight is 434 g/mol. The van der Waals surface area contributed by atoms with E-state index in [0.717, 1.165) is 24.2 Å². The fourth-order valence-corrected chi connectivity index (χ4v) is 4.54. The van der Waals surface area contributed by atoms with E-state index >= 15 is 0 Å². The number of amides is 1. The van der Waals surface area contributed by atoms with Crippen LogP contribution in [0.25, 0.3) is 17.4 Å². The van der Waals surface area contributed by atoms with Crippen molar-refractivity contribution in [3.05, 3.63) is 52.1 Å². The van der Waals surface area contributed by atoms with Crippen molar-refractivity contribution in [1.82, 2.24) is 4.90 Å². The number of halogens is 1. The van der Waals surface area contributed by atoms with Crippen LogP contribution < -0.4 is 0 Å². The number of hydrogen-bond donors (Lipinski definition) is 0. The van der Waals surface area contributed by atoms with Crippen LogP contribution in [0.5, 0.6) is 0 Å². The van der Waals surface area contributed by atoms with E-state index in [1.54, 1.807) is 11.0 Å². The van der Waals surface area contributed by atoms with Gasteiger partial charge in [-0.25, -0.2) is 0 Å². The Kier molecular flexibility index (Phi) is 7.38. The Bertz CT molecular complexity index is 873. The molecule has 28 heavy (non-hydrogen) atoms. The summed E-state index contributed by atoms with van der Waals surface area (Å²) in [5.41, 5.74) is 0.943. The smallest absolute Gasteiger partial charge is 0.266 e. The van der Waals surface area contributed by atoms with Gasteiger partial charge in [-0.1, -0.05) is 68.7 Å². The van der Waals surface area contributed by atoms with Crippen molar-refractivity contribution in [2.24, 2.45) is 5.92 Å². The molecule has 0 N–H and O–H groups in total. The predicted molar refractivity (Wildman–Crippen MR) is 122 cm³/mol. The monoisotopic (exact) mass is 433 g/mol. The molecule has 1 aromatic carbocycles. The summed E-state index contributed by atoms with van der Waals surface area (Å²) >= 11 is 12.8. The normalized spacial score (nSPS) is 17.0. The predicted octanol–water partition coefficient (Wildman–Crippen LogP) is 7.02. The lowest BCUT2D eigenvalue weighted by atomic mass is 9.99. The highest BCUT2D eigenvalue weighted by Crippen LogP contribution is 2.35. The van der Waals surface area contributed by atoms with Gasteiger partial charge in [0.25, 0.3) is 5.91 Å². The summed E-state index contributed by atoms with van der Waals surface area (Å²) in [4.78, 5) is 15.2. The van der Waals surface area contributed by atoms with Gasteiger partial charge in [0.05, 0.1) is 4.91 Å². The van der Waals surface area contributed by atoms with E-state index < -0.39 is 0 Å². The van der Waals surface area contributed by atoms with E-state index in [2.05, 4.69) is 13.8 Å². The Morgan fingerprint density at radius 1 is 1.21 bits per heavy atom. The zero-order valence-corrected chi connectivity index (χ0v) is 18.5. The first-order valence-electron chi connectivity index (χ1n) is 9.63. The van der Waals surface area contributed by atoms with Gasteiger partial charge in [0.15, 0.2) is 0 Å². The minimum absolute atomic E-state index is 0.0191. The molecular weight excluding hydrogens is 410 g/mol. The summed E-state index contributed by atoms with van der Waals surface area (Å²) in [6.07, 6.45) is 6.32. The zero-order valence-electron chi connectivity index (χ0n) is 16.1. The van der Waals surface area contributed by atoms with Gasteiger partial charge >= 0.3 is 0 Å². The van der Waals surface area contributed by atoms with Crippen LogP contribution in [-0.4, -0.2) is 21.7 Å². The fourth-order valence-electron chi connectivity index (χ4n) is 3.16. The number of hydrogen-bond acceptors (Lipinski definition) is 4. The standard InChI is InChI=1S/C22H24ClNO2S2/c1-3-5-6-15(4-2)14-24-21(25)20(28-22(24)27)13-18-11-12-19(26-18)16-7-9-17(23)10-8-16/h7-13,15H,3-6,14H2,1-2H3/b20-13-/t15-/m0/s1. The lowest BCUT2D eigenvalue weighted by molar-refractivity contribution is -0.122. The molecule has 1 fully saturated rings. The first-order chi connectivity index (χ1) is 13.5. The van der Waals surface area contributed by atoms with Crippen LogP contribution in [0.3, 0.4) is 0 Å². The van der Waals surface area contributed by atoms with Gasteiger partial charge in [0.2, 0.25) is 0 Å². The number of furan rings is 1. The van der Waals surface area contributed by atoms with E-state index in [4.69, 9.17) is 28.2 Å². The maximum absolute atomic E-state index is 12.9. The van der Waals surface area contributed by atoms with Crippen molar-refractivity contribution < 1.29 is 9.21 Å². The number of thioether (sulfide) groups is 1. The van der Waals surface area contributed by atoms with Crippen LogP contribution in [0.15, 0.2) is 45.7 Å². The van der Waals surface area contributed by atoms with E-state index in [1.165, 1.54) is 24.6 Å². The number of unbranched alkanes of at least 4 members (excludes halogenated alkanes) is 1. The Balaban J connectivity index is 1.72. The van der Waals surface area contributed by atoms with E-state index in [9.17, 15) is 4.79 Å². The maximum Gasteiger partial charge on any atom is 0.266 e. The van der Waals surface area contributed by atoms with Gasteiger partial charge in [-0.2, -0.15) is 0 Å². The maximum atomic E-state index is 12.9. The van der Waals surface area contributed by atoms with Crippen molar-refractivity contribution >= 4 is 51.9 Å². The molecule has 1 aromatic heterocycles. The van der Waals surface area contributed by atoms with Crippen molar-refractivity contribution in [3.8, 4) is 11.3 Å². The van der Waals surface area contributed by atoms with Crippen molar-refractivity contribution in [2.45, 2.75) is 39.5 Å². The van der Waals surface area contributed by atoms with Crippen LogP contribution >= 0.6 is 35.6 Å². The first-order valence-corrected chi connectivity index (χ1v) is 11.2. The molecule has 1 atom stereocenters. The highest BCUT2D eigenvalue weighted by molar-refractivity contribution is 8.26. The Hall–Kier alpha value is -1.56. The molecule has 148 valence electrons. The van der Waals surface area contributed by atoms with Crippen molar-refractivity contribution in [2.75, 3.05) is 6.54 Å². The largest absolute Gasteiger partial charge is 0.457 e. The molecule has 1 aliphatic heterocycles. The third-order valence-electron chi connectivity index (χ3n) is 4.89. The molecule has 0 unspecified atom stereocenters. The van der Waals surface area contributed by atoms with Gasteiger partial charge in [-0.05, 0) is 48.7 Å². The van der Waals surface area contributed by atoms with Gasteiger partial charge < -0.3 is 4.42 Å². The quantitative estimate of drug-likeness (QED) is 0.331. The Morgan fingerprint density at radius 2 is 1.96 bits per heavy atom. The number of benzene rings is 1. The van der Waals surface area contributed by atoms with Gasteiger partial charge in [-0.15, -0.1) is 0 Å². The number of carbonyl (C=O) groups excluding carboxylic acids is 1. The third kappa shape index (κ3) is 5.07. The average Bonchev–Trinajstić information content (AvgIpc) is 3.25. The Labute approximate surface area is 181 Å². The lowest BCUT2D eigenvalue weighted by Gasteiger charge is -2.21. The molecule has 0 radical (unpaired) electrons. The molecule has 2 heterocycles. The third-order valence-corrected chi connectivity index (χ3v) is 6.52. The van der Waals surface area contributed by atoms with Gasteiger partial charge in [0.1, 0.15) is 15.8 Å². The highest BCUT2D eigenvalue weighted by Gasteiger charge is 2.33. The molecule has 3 nitrogen and oxygen atoms in total. The van der Waals surface area contributed by atoms with Crippen LogP contribution in [-0.2, 0) is 4.79 Å². The second-order valence-electron chi connectivity index (χ2n) is 6.92. The number of thiocarbonyl (C=S) groups is 1. The van der Waals surface area contributed by atoms with Crippen LogP contribution in [0.1, 0.15) is 45.3 Å². The molecule has 0 bridgehead atoms. The van der Waals surface area contributed by atoms with Crippen LogP contribution in [0, 0.1) is 5.92 Å². The second kappa shape index (κ2) is 9.77. The summed E-state index contributed by atoms with van der Waals surface area (Å²) in [5.74, 6) is 1.85. The van der Waals surface area contributed by atoms with E-state index in [1.807, 2.05) is 36.4 Å². The van der Waals surface area contributed by atoms with Crippen molar-refractivity contribution in [3.63, 3.8) is 0 Å². The lowest BCUT2D eigenvalue weighted by Crippen LogP contribution is -2.33. The SMILES string of the molecule is CCCC[C@H](CC)CN1C(=O)/C(=C/c2ccc(-c3ccc(Cl)cc3)o2)SC1=S. The molecular formula is C22H24ClNO2S2. The summed E-state index contributed by atoms with van der Waals surface area (Å²) in [6.45, 7) is 5.07. The van der Waals surface area contributed by atoms with Crippen LogP contribution in [0.4, 0.5) is 0 Å². The zero-order chi connectivity index (χ0) is 20.1. The number of nitrogens with zero attached hydrogens (tertiary/aromatic N) is 1.